The van der Waals surface area contributed by atoms with Crippen molar-refractivity contribution in [2.24, 2.45) is 11.7 Å². The molecule has 4 N–H and O–H groups in total. The molecule has 106 valence electrons. The first-order chi connectivity index (χ1) is 8.42. The van der Waals surface area contributed by atoms with Crippen molar-refractivity contribution in [2.45, 2.75) is 51.7 Å². The van der Waals surface area contributed by atoms with Crippen LogP contribution in [-0.2, 0) is 4.74 Å². The Morgan fingerprint density at radius 3 is 2.67 bits per heavy atom. The van der Waals surface area contributed by atoms with Gasteiger partial charge in [0.1, 0.15) is 5.60 Å². The molecule has 0 spiro atoms. The van der Waals surface area contributed by atoms with E-state index in [1.165, 1.54) is 19.3 Å². The van der Waals surface area contributed by atoms with Gasteiger partial charge >= 0.3 is 6.09 Å². The highest BCUT2D eigenvalue weighted by molar-refractivity contribution is 5.67. The Bertz CT molecular complexity index is 263. The van der Waals surface area contributed by atoms with Gasteiger partial charge in [-0.05, 0) is 46.1 Å². The summed E-state index contributed by atoms with van der Waals surface area (Å²) >= 11 is 0. The maximum absolute atomic E-state index is 11.4. The number of nitrogens with one attached hydrogen (secondary N) is 2. The number of hydrogen-bond acceptors (Lipinski definition) is 4. The van der Waals surface area contributed by atoms with Crippen molar-refractivity contribution in [3.05, 3.63) is 0 Å². The van der Waals surface area contributed by atoms with E-state index in [-0.39, 0.29) is 6.09 Å². The smallest absolute Gasteiger partial charge is 0.407 e. The van der Waals surface area contributed by atoms with Crippen LogP contribution in [-0.4, -0.2) is 37.4 Å². The normalized spacial score (nSPS) is 24.0. The van der Waals surface area contributed by atoms with E-state index in [0.29, 0.717) is 18.5 Å². The average molecular weight is 257 g/mol. The Balaban J connectivity index is 2.10. The molecule has 1 aliphatic carbocycles. The van der Waals surface area contributed by atoms with Crippen molar-refractivity contribution >= 4 is 6.09 Å². The van der Waals surface area contributed by atoms with E-state index in [1.807, 2.05) is 20.8 Å². The highest BCUT2D eigenvalue weighted by Gasteiger charge is 2.25. The van der Waals surface area contributed by atoms with Crippen molar-refractivity contribution in [2.75, 3.05) is 19.6 Å². The zero-order valence-corrected chi connectivity index (χ0v) is 11.8. The molecular formula is C13H27N3O2. The molecule has 0 radical (unpaired) electrons. The van der Waals surface area contributed by atoms with Crippen LogP contribution in [0.4, 0.5) is 4.79 Å². The fraction of sp³-hybridized carbons (Fsp3) is 0.923. The fourth-order valence-corrected chi connectivity index (χ4v) is 2.32. The first-order valence-electron chi connectivity index (χ1n) is 6.82. The first kappa shape index (κ1) is 15.2. The molecule has 1 amide bonds. The molecule has 0 aliphatic heterocycles. The quantitative estimate of drug-likeness (QED) is 0.647. The molecule has 2 atom stereocenters. The molecule has 0 bridgehead atoms. The van der Waals surface area contributed by atoms with E-state index < -0.39 is 5.60 Å². The van der Waals surface area contributed by atoms with Crippen LogP contribution in [0.15, 0.2) is 0 Å². The van der Waals surface area contributed by atoms with E-state index in [2.05, 4.69) is 10.6 Å². The molecular weight excluding hydrogens is 230 g/mol. The van der Waals surface area contributed by atoms with Crippen LogP contribution in [0, 0.1) is 5.92 Å². The number of rotatable bonds is 5. The molecule has 0 aromatic carbocycles. The summed E-state index contributed by atoms with van der Waals surface area (Å²) < 4.78 is 5.15. The molecule has 1 fully saturated rings. The van der Waals surface area contributed by atoms with Crippen LogP contribution in [0.5, 0.6) is 0 Å². The molecule has 0 aromatic heterocycles. The molecule has 1 aliphatic rings. The minimum Gasteiger partial charge on any atom is -0.444 e. The third-order valence-electron chi connectivity index (χ3n) is 3.16. The SMILES string of the molecule is CC(C)(C)OC(=O)NCCNC1CCCC1CN. The topological polar surface area (TPSA) is 76.4 Å². The number of amides is 1. The summed E-state index contributed by atoms with van der Waals surface area (Å²) in [4.78, 5) is 11.4. The lowest BCUT2D eigenvalue weighted by molar-refractivity contribution is 0.0528. The van der Waals surface area contributed by atoms with Crippen LogP contribution in [0.1, 0.15) is 40.0 Å². The molecule has 0 saturated heterocycles. The summed E-state index contributed by atoms with van der Waals surface area (Å²) in [6.45, 7) is 7.67. The number of carbonyl (C=O) groups is 1. The van der Waals surface area contributed by atoms with Gasteiger partial charge in [-0.15, -0.1) is 0 Å². The van der Waals surface area contributed by atoms with E-state index in [4.69, 9.17) is 10.5 Å². The van der Waals surface area contributed by atoms with Gasteiger partial charge in [-0.25, -0.2) is 4.79 Å². The average Bonchev–Trinajstić information content (AvgIpc) is 2.69. The first-order valence-corrected chi connectivity index (χ1v) is 6.82. The lowest BCUT2D eigenvalue weighted by atomic mass is 10.0. The minimum atomic E-state index is -0.437. The van der Waals surface area contributed by atoms with Gasteiger partial charge in [-0.2, -0.15) is 0 Å². The van der Waals surface area contributed by atoms with Gasteiger partial charge in [0, 0.05) is 19.1 Å². The summed E-state index contributed by atoms with van der Waals surface area (Å²) in [7, 11) is 0. The van der Waals surface area contributed by atoms with Gasteiger partial charge in [0.15, 0.2) is 0 Å². The molecule has 18 heavy (non-hydrogen) atoms. The van der Waals surface area contributed by atoms with Gasteiger partial charge < -0.3 is 21.1 Å². The predicted molar refractivity (Wildman–Crippen MR) is 72.4 cm³/mol. The van der Waals surface area contributed by atoms with Crippen molar-refractivity contribution in [3.63, 3.8) is 0 Å². The summed E-state index contributed by atoms with van der Waals surface area (Å²) in [5.74, 6) is 0.589. The lowest BCUT2D eigenvalue weighted by Crippen LogP contribution is -2.41. The molecule has 0 heterocycles. The van der Waals surface area contributed by atoms with E-state index >= 15 is 0 Å². The standard InChI is InChI=1S/C13H27N3O2/c1-13(2,3)18-12(17)16-8-7-15-11-6-4-5-10(11)9-14/h10-11,15H,4-9,14H2,1-3H3,(H,16,17). The van der Waals surface area contributed by atoms with Gasteiger partial charge in [0.05, 0.1) is 0 Å². The fourth-order valence-electron chi connectivity index (χ4n) is 2.32. The second kappa shape index (κ2) is 6.95. The van der Waals surface area contributed by atoms with E-state index in [0.717, 1.165) is 13.1 Å². The van der Waals surface area contributed by atoms with E-state index in [1.54, 1.807) is 0 Å². The third-order valence-corrected chi connectivity index (χ3v) is 3.16. The van der Waals surface area contributed by atoms with E-state index in [9.17, 15) is 4.79 Å². The van der Waals surface area contributed by atoms with Crippen LogP contribution in [0.2, 0.25) is 0 Å². The van der Waals surface area contributed by atoms with Crippen LogP contribution >= 0.6 is 0 Å². The Morgan fingerprint density at radius 1 is 1.33 bits per heavy atom. The molecule has 0 aromatic rings. The number of ether oxygens (including phenoxy) is 1. The zero-order chi connectivity index (χ0) is 13.6. The van der Waals surface area contributed by atoms with Crippen LogP contribution < -0.4 is 16.4 Å². The number of hydrogen-bond donors (Lipinski definition) is 3. The van der Waals surface area contributed by atoms with Gasteiger partial charge in [-0.1, -0.05) is 6.42 Å². The van der Waals surface area contributed by atoms with Gasteiger partial charge in [-0.3, -0.25) is 0 Å². The second-order valence-corrected chi connectivity index (χ2v) is 5.92. The number of alkyl carbamates (subject to hydrolysis) is 1. The largest absolute Gasteiger partial charge is 0.444 e. The van der Waals surface area contributed by atoms with Crippen LogP contribution in [0.3, 0.4) is 0 Å². The third kappa shape index (κ3) is 5.69. The monoisotopic (exact) mass is 257 g/mol. The summed E-state index contributed by atoms with van der Waals surface area (Å²) in [6, 6.07) is 0.510. The highest BCUT2D eigenvalue weighted by Crippen LogP contribution is 2.24. The lowest BCUT2D eigenvalue weighted by Gasteiger charge is -2.21. The molecule has 2 unspecified atom stereocenters. The highest BCUT2D eigenvalue weighted by atomic mass is 16.6. The number of carbonyl (C=O) groups excluding carboxylic acids is 1. The molecule has 5 nitrogen and oxygen atoms in total. The Labute approximate surface area is 110 Å². The zero-order valence-electron chi connectivity index (χ0n) is 11.8. The maximum atomic E-state index is 11.4. The second-order valence-electron chi connectivity index (χ2n) is 5.92. The predicted octanol–water partition coefficient (Wildman–Crippen LogP) is 1.23. The van der Waals surface area contributed by atoms with Crippen molar-refractivity contribution in [1.82, 2.24) is 10.6 Å². The Kier molecular flexibility index (Phi) is 5.88. The molecule has 5 heteroatoms. The van der Waals surface area contributed by atoms with Crippen molar-refractivity contribution in [3.8, 4) is 0 Å². The minimum absolute atomic E-state index is 0.355. The van der Waals surface area contributed by atoms with Gasteiger partial charge in [0.25, 0.3) is 0 Å². The van der Waals surface area contributed by atoms with Crippen LogP contribution in [0.25, 0.3) is 0 Å². The van der Waals surface area contributed by atoms with Gasteiger partial charge in [0.2, 0.25) is 0 Å². The summed E-state index contributed by atoms with van der Waals surface area (Å²) in [6.07, 6.45) is 3.30. The Hall–Kier alpha value is -0.810. The maximum Gasteiger partial charge on any atom is 0.407 e. The van der Waals surface area contributed by atoms with Crippen molar-refractivity contribution < 1.29 is 9.53 Å². The molecule has 1 saturated carbocycles. The number of nitrogens with two attached hydrogens (primary N) is 1. The summed E-state index contributed by atoms with van der Waals surface area (Å²) in [5, 5.41) is 6.19. The van der Waals surface area contributed by atoms with Crippen molar-refractivity contribution in [1.29, 1.82) is 0 Å². The molecule has 1 rings (SSSR count). The summed E-state index contributed by atoms with van der Waals surface area (Å²) in [5.41, 5.74) is 5.28. The Morgan fingerprint density at radius 2 is 2.06 bits per heavy atom.